The van der Waals surface area contributed by atoms with Crippen molar-refractivity contribution in [3.8, 4) is 0 Å². The molecule has 1 aliphatic carbocycles. The third-order valence-corrected chi connectivity index (χ3v) is 5.11. The Morgan fingerprint density at radius 3 is 2.38 bits per heavy atom. The van der Waals surface area contributed by atoms with Crippen molar-refractivity contribution in [1.29, 1.82) is 0 Å². The third-order valence-electron chi connectivity index (χ3n) is 5.11. The monoisotopic (exact) mass is 336 g/mol. The van der Waals surface area contributed by atoms with Gasteiger partial charge in [0.2, 0.25) is 0 Å². The van der Waals surface area contributed by atoms with Gasteiger partial charge in [-0.15, -0.1) is 0 Å². The summed E-state index contributed by atoms with van der Waals surface area (Å²) in [6.07, 6.45) is 6.05. The highest BCUT2D eigenvalue weighted by Gasteiger charge is 2.21. The van der Waals surface area contributed by atoms with E-state index in [0.29, 0.717) is 19.3 Å². The lowest BCUT2D eigenvalue weighted by atomic mass is 9.98. The second-order valence-corrected chi connectivity index (χ2v) is 7.01. The van der Waals surface area contributed by atoms with Crippen LogP contribution in [-0.4, -0.2) is 61.5 Å². The summed E-state index contributed by atoms with van der Waals surface area (Å²) in [5.41, 5.74) is 1.07. The Balaban J connectivity index is 1.36. The van der Waals surface area contributed by atoms with Gasteiger partial charge in [0.25, 0.3) is 0 Å². The maximum Gasteiger partial charge on any atom is 0.123 e. The highest BCUT2D eigenvalue weighted by molar-refractivity contribution is 5.46. The van der Waals surface area contributed by atoms with Crippen LogP contribution in [0.3, 0.4) is 0 Å². The van der Waals surface area contributed by atoms with Gasteiger partial charge in [0.15, 0.2) is 0 Å². The zero-order valence-electron chi connectivity index (χ0n) is 14.4. The molecule has 134 valence electrons. The van der Waals surface area contributed by atoms with Crippen LogP contribution in [0.15, 0.2) is 24.3 Å². The number of halogens is 1. The van der Waals surface area contributed by atoms with Crippen LogP contribution >= 0.6 is 0 Å². The highest BCUT2D eigenvalue weighted by atomic mass is 19.1. The van der Waals surface area contributed by atoms with E-state index in [4.69, 9.17) is 4.74 Å². The maximum atomic E-state index is 13.0. The molecule has 24 heavy (non-hydrogen) atoms. The molecule has 2 fully saturated rings. The van der Waals surface area contributed by atoms with E-state index < -0.39 is 6.10 Å². The van der Waals surface area contributed by atoms with Crippen LogP contribution in [0.4, 0.5) is 10.1 Å². The molecule has 3 rings (SSSR count). The van der Waals surface area contributed by atoms with Gasteiger partial charge in [0, 0.05) is 38.4 Å². The Hall–Kier alpha value is -1.17. The molecule has 0 radical (unpaired) electrons. The Kier molecular flexibility index (Phi) is 6.46. The summed E-state index contributed by atoms with van der Waals surface area (Å²) in [4.78, 5) is 4.55. The van der Waals surface area contributed by atoms with Crippen LogP contribution in [0, 0.1) is 5.82 Å². The molecule has 1 saturated carbocycles. The summed E-state index contributed by atoms with van der Waals surface area (Å²) >= 11 is 0. The van der Waals surface area contributed by atoms with E-state index in [0.717, 1.165) is 44.7 Å². The molecule has 1 N–H and O–H groups in total. The van der Waals surface area contributed by atoms with Crippen LogP contribution < -0.4 is 4.90 Å². The predicted molar refractivity (Wildman–Crippen MR) is 93.9 cm³/mol. The summed E-state index contributed by atoms with van der Waals surface area (Å²) in [6.45, 7) is 4.76. The number of piperazine rings is 1. The fraction of sp³-hybridized carbons (Fsp3) is 0.684. The van der Waals surface area contributed by atoms with Crippen molar-refractivity contribution in [2.75, 3.05) is 44.2 Å². The van der Waals surface area contributed by atoms with Gasteiger partial charge >= 0.3 is 0 Å². The first-order valence-electron chi connectivity index (χ1n) is 9.23. The molecular formula is C19H29FN2O2. The molecule has 1 aliphatic heterocycles. The van der Waals surface area contributed by atoms with E-state index in [1.807, 2.05) is 12.1 Å². The summed E-state index contributed by atoms with van der Waals surface area (Å²) in [5.74, 6) is -0.196. The van der Waals surface area contributed by atoms with E-state index in [2.05, 4.69) is 9.80 Å². The van der Waals surface area contributed by atoms with Crippen LogP contribution in [0.2, 0.25) is 0 Å². The van der Waals surface area contributed by atoms with E-state index in [9.17, 15) is 9.50 Å². The van der Waals surface area contributed by atoms with Crippen LogP contribution in [0.25, 0.3) is 0 Å². The molecule has 1 heterocycles. The highest BCUT2D eigenvalue weighted by Crippen LogP contribution is 2.20. The maximum absolute atomic E-state index is 13.0. The molecule has 0 aromatic heterocycles. The lowest BCUT2D eigenvalue weighted by molar-refractivity contribution is -0.0336. The second-order valence-electron chi connectivity index (χ2n) is 7.01. The molecule has 0 unspecified atom stereocenters. The van der Waals surface area contributed by atoms with Gasteiger partial charge in [-0.05, 0) is 37.1 Å². The minimum atomic E-state index is -0.413. The smallest absolute Gasteiger partial charge is 0.123 e. The number of aliphatic hydroxyl groups is 1. The van der Waals surface area contributed by atoms with Crippen molar-refractivity contribution in [2.45, 2.75) is 44.3 Å². The fourth-order valence-electron chi connectivity index (χ4n) is 3.67. The predicted octanol–water partition coefficient (Wildman–Crippen LogP) is 2.66. The first-order valence-corrected chi connectivity index (χ1v) is 9.23. The number of hydrogen-bond acceptors (Lipinski definition) is 4. The number of hydrogen-bond donors (Lipinski definition) is 1. The molecule has 0 amide bonds. The lowest BCUT2D eigenvalue weighted by Crippen LogP contribution is -2.49. The first kappa shape index (κ1) is 17.6. The van der Waals surface area contributed by atoms with Gasteiger partial charge in [0.1, 0.15) is 5.82 Å². The van der Waals surface area contributed by atoms with Crippen molar-refractivity contribution < 1.29 is 14.2 Å². The lowest BCUT2D eigenvalue weighted by Gasteiger charge is -2.37. The molecule has 1 saturated heterocycles. The Morgan fingerprint density at radius 2 is 1.71 bits per heavy atom. The summed E-state index contributed by atoms with van der Waals surface area (Å²) in [6, 6.07) is 6.68. The quantitative estimate of drug-likeness (QED) is 0.866. The normalized spacial score (nSPS) is 21.8. The van der Waals surface area contributed by atoms with Gasteiger partial charge in [-0.2, -0.15) is 0 Å². The van der Waals surface area contributed by atoms with E-state index in [-0.39, 0.29) is 5.82 Å². The summed E-state index contributed by atoms with van der Waals surface area (Å²) in [5, 5.41) is 10.2. The zero-order chi connectivity index (χ0) is 16.8. The van der Waals surface area contributed by atoms with E-state index in [1.165, 1.54) is 31.4 Å². The molecule has 5 heteroatoms. The molecule has 0 spiro atoms. The van der Waals surface area contributed by atoms with Crippen molar-refractivity contribution in [2.24, 2.45) is 0 Å². The first-order chi connectivity index (χ1) is 11.7. The summed E-state index contributed by atoms with van der Waals surface area (Å²) < 4.78 is 18.9. The van der Waals surface area contributed by atoms with Crippen molar-refractivity contribution >= 4 is 5.69 Å². The van der Waals surface area contributed by atoms with Crippen molar-refractivity contribution in [1.82, 2.24) is 4.90 Å². The molecular weight excluding hydrogens is 307 g/mol. The number of nitrogens with zero attached hydrogens (tertiary/aromatic N) is 2. The minimum absolute atomic E-state index is 0.196. The molecule has 0 bridgehead atoms. The number of rotatable bonds is 6. The number of anilines is 1. The van der Waals surface area contributed by atoms with Gasteiger partial charge in [-0.3, -0.25) is 4.90 Å². The molecule has 1 aromatic carbocycles. The SMILES string of the molecule is O[C@@H](COC1CCCCC1)CN1CCN(c2ccc(F)cc2)CC1. The zero-order valence-corrected chi connectivity index (χ0v) is 14.4. The Labute approximate surface area is 144 Å². The second kappa shape index (κ2) is 8.79. The van der Waals surface area contributed by atoms with Gasteiger partial charge in [0.05, 0.1) is 18.8 Å². The average Bonchev–Trinajstić information content (AvgIpc) is 2.62. The van der Waals surface area contributed by atoms with Crippen LogP contribution in [0.1, 0.15) is 32.1 Å². The number of benzene rings is 1. The van der Waals surface area contributed by atoms with Crippen molar-refractivity contribution in [3.63, 3.8) is 0 Å². The Bertz CT molecular complexity index is 483. The molecule has 2 aliphatic rings. The standard InChI is InChI=1S/C19H29FN2O2/c20-16-6-8-17(9-7-16)22-12-10-21(11-13-22)14-18(23)15-24-19-4-2-1-3-5-19/h6-9,18-19,23H,1-5,10-15H2/t18-/m1/s1. The average molecular weight is 336 g/mol. The molecule has 1 atom stereocenters. The van der Waals surface area contributed by atoms with Gasteiger partial charge < -0.3 is 14.7 Å². The van der Waals surface area contributed by atoms with E-state index in [1.54, 1.807) is 0 Å². The minimum Gasteiger partial charge on any atom is -0.389 e. The number of β-amino-alcohol motifs (C(OH)–C–C–N with tert-alkyl or cyclic N) is 1. The van der Waals surface area contributed by atoms with Crippen LogP contribution in [-0.2, 0) is 4.74 Å². The number of aliphatic hydroxyl groups excluding tert-OH is 1. The topological polar surface area (TPSA) is 35.9 Å². The van der Waals surface area contributed by atoms with Crippen LogP contribution in [0.5, 0.6) is 0 Å². The van der Waals surface area contributed by atoms with Crippen molar-refractivity contribution in [3.05, 3.63) is 30.1 Å². The van der Waals surface area contributed by atoms with Gasteiger partial charge in [-0.1, -0.05) is 19.3 Å². The van der Waals surface area contributed by atoms with Gasteiger partial charge in [-0.25, -0.2) is 4.39 Å². The molecule has 1 aromatic rings. The number of ether oxygens (including phenoxy) is 1. The fourth-order valence-corrected chi connectivity index (χ4v) is 3.67. The Morgan fingerprint density at radius 1 is 1.04 bits per heavy atom. The largest absolute Gasteiger partial charge is 0.389 e. The van der Waals surface area contributed by atoms with E-state index >= 15 is 0 Å². The summed E-state index contributed by atoms with van der Waals surface area (Å²) in [7, 11) is 0. The molecule has 4 nitrogen and oxygen atoms in total. The third kappa shape index (κ3) is 5.16.